The van der Waals surface area contributed by atoms with Crippen LogP contribution in [-0.2, 0) is 0 Å². The Balaban J connectivity index is 2.14. The summed E-state index contributed by atoms with van der Waals surface area (Å²) >= 11 is 1.94. The molecular formula is C9H10N4S. The first-order chi connectivity index (χ1) is 6.95. The number of anilines is 1. The van der Waals surface area contributed by atoms with Crippen molar-refractivity contribution < 1.29 is 0 Å². The molecule has 1 aliphatic heterocycles. The van der Waals surface area contributed by atoms with Gasteiger partial charge in [0.05, 0.1) is 11.3 Å². The minimum atomic E-state index is 0.923. The van der Waals surface area contributed by atoms with Crippen LogP contribution in [0.3, 0.4) is 0 Å². The Kier molecular flexibility index (Phi) is 1.83. The third kappa shape index (κ3) is 1.16. The molecule has 5 heteroatoms. The lowest BCUT2D eigenvalue weighted by atomic mass is 10.3. The molecule has 14 heavy (non-hydrogen) atoms. The molecule has 0 saturated carbocycles. The second-order valence-electron chi connectivity index (χ2n) is 3.24. The van der Waals surface area contributed by atoms with Crippen LogP contribution in [0.5, 0.6) is 0 Å². The van der Waals surface area contributed by atoms with E-state index in [1.165, 1.54) is 5.75 Å². The standard InChI is InChI=1S/C9H10N4S/c1-2-10-8-7(1)9(12-5-11-8)13-3-4-14-6-13/h1-2,5H,3-4,6H2,(H,10,11,12). The highest BCUT2D eigenvalue weighted by molar-refractivity contribution is 7.99. The lowest BCUT2D eigenvalue weighted by Gasteiger charge is -2.15. The molecule has 0 bridgehead atoms. The maximum atomic E-state index is 4.34. The topological polar surface area (TPSA) is 44.8 Å². The van der Waals surface area contributed by atoms with Crippen LogP contribution in [-0.4, -0.2) is 33.1 Å². The predicted octanol–water partition coefficient (Wildman–Crippen LogP) is 1.47. The fourth-order valence-corrected chi connectivity index (χ4v) is 2.64. The van der Waals surface area contributed by atoms with E-state index in [0.717, 1.165) is 29.3 Å². The van der Waals surface area contributed by atoms with E-state index in [1.807, 2.05) is 24.0 Å². The van der Waals surface area contributed by atoms with Gasteiger partial charge in [-0.2, -0.15) is 0 Å². The van der Waals surface area contributed by atoms with Crippen molar-refractivity contribution in [1.82, 2.24) is 15.0 Å². The maximum absolute atomic E-state index is 4.34. The van der Waals surface area contributed by atoms with E-state index in [-0.39, 0.29) is 0 Å². The molecule has 0 amide bonds. The summed E-state index contributed by atoms with van der Waals surface area (Å²) in [5.41, 5.74) is 0.923. The normalized spacial score (nSPS) is 16.7. The van der Waals surface area contributed by atoms with Crippen LogP contribution in [0.4, 0.5) is 5.82 Å². The smallest absolute Gasteiger partial charge is 0.142 e. The number of aromatic amines is 1. The molecular weight excluding hydrogens is 196 g/mol. The molecule has 0 aromatic carbocycles. The van der Waals surface area contributed by atoms with Crippen LogP contribution in [0.2, 0.25) is 0 Å². The summed E-state index contributed by atoms with van der Waals surface area (Å²) in [5, 5.41) is 1.12. The van der Waals surface area contributed by atoms with Gasteiger partial charge in [-0.1, -0.05) is 0 Å². The quantitative estimate of drug-likeness (QED) is 0.767. The summed E-state index contributed by atoms with van der Waals surface area (Å²) < 4.78 is 0. The van der Waals surface area contributed by atoms with Gasteiger partial charge < -0.3 is 9.88 Å². The van der Waals surface area contributed by atoms with Crippen molar-refractivity contribution in [2.24, 2.45) is 0 Å². The van der Waals surface area contributed by atoms with Crippen LogP contribution in [0, 0.1) is 0 Å². The van der Waals surface area contributed by atoms with Crippen molar-refractivity contribution in [3.63, 3.8) is 0 Å². The van der Waals surface area contributed by atoms with Gasteiger partial charge in [0.15, 0.2) is 0 Å². The highest BCUT2D eigenvalue weighted by atomic mass is 32.2. The summed E-state index contributed by atoms with van der Waals surface area (Å²) in [5.74, 6) is 3.29. The number of thioether (sulfide) groups is 1. The molecule has 0 spiro atoms. The number of hydrogen-bond donors (Lipinski definition) is 1. The van der Waals surface area contributed by atoms with Gasteiger partial charge in [-0.15, -0.1) is 11.8 Å². The summed E-state index contributed by atoms with van der Waals surface area (Å²) in [4.78, 5) is 13.9. The van der Waals surface area contributed by atoms with E-state index < -0.39 is 0 Å². The molecule has 2 aromatic rings. The second kappa shape index (κ2) is 3.16. The van der Waals surface area contributed by atoms with Crippen LogP contribution < -0.4 is 4.90 Å². The number of rotatable bonds is 1. The van der Waals surface area contributed by atoms with Crippen LogP contribution in [0.1, 0.15) is 0 Å². The van der Waals surface area contributed by atoms with E-state index >= 15 is 0 Å². The lowest BCUT2D eigenvalue weighted by molar-refractivity contribution is 0.960. The highest BCUT2D eigenvalue weighted by Gasteiger charge is 2.16. The van der Waals surface area contributed by atoms with E-state index in [4.69, 9.17) is 0 Å². The van der Waals surface area contributed by atoms with Crippen molar-refractivity contribution >= 4 is 28.6 Å². The average Bonchev–Trinajstić information content (AvgIpc) is 2.88. The number of aromatic nitrogens is 3. The number of hydrogen-bond acceptors (Lipinski definition) is 4. The minimum absolute atomic E-state index is 0.923. The van der Waals surface area contributed by atoms with Crippen LogP contribution in [0.25, 0.3) is 11.0 Å². The average molecular weight is 206 g/mol. The lowest BCUT2D eigenvalue weighted by Crippen LogP contribution is -2.19. The van der Waals surface area contributed by atoms with Gasteiger partial charge in [0, 0.05) is 18.5 Å². The molecule has 4 nitrogen and oxygen atoms in total. The molecule has 3 rings (SSSR count). The Morgan fingerprint density at radius 2 is 2.43 bits per heavy atom. The molecule has 1 aliphatic rings. The van der Waals surface area contributed by atoms with E-state index in [9.17, 15) is 0 Å². The van der Waals surface area contributed by atoms with Crippen LogP contribution in [0.15, 0.2) is 18.6 Å². The van der Waals surface area contributed by atoms with Gasteiger partial charge in [0.2, 0.25) is 0 Å². The first kappa shape index (κ1) is 8.11. The van der Waals surface area contributed by atoms with Gasteiger partial charge in [-0.3, -0.25) is 0 Å². The zero-order valence-electron chi connectivity index (χ0n) is 7.60. The van der Waals surface area contributed by atoms with Crippen molar-refractivity contribution in [2.45, 2.75) is 0 Å². The molecule has 0 radical (unpaired) electrons. The molecule has 0 unspecified atom stereocenters. The van der Waals surface area contributed by atoms with Gasteiger partial charge >= 0.3 is 0 Å². The first-order valence-electron chi connectivity index (χ1n) is 4.56. The fraction of sp³-hybridized carbons (Fsp3) is 0.333. The third-order valence-corrected chi connectivity index (χ3v) is 3.35. The fourth-order valence-electron chi connectivity index (χ4n) is 1.69. The van der Waals surface area contributed by atoms with Gasteiger partial charge in [0.25, 0.3) is 0 Å². The Morgan fingerprint density at radius 1 is 1.43 bits per heavy atom. The SMILES string of the molecule is c1nc(N2CCSC2)c2cc[nH]c2n1. The van der Waals surface area contributed by atoms with Gasteiger partial charge in [-0.25, -0.2) is 9.97 Å². The van der Waals surface area contributed by atoms with Crippen molar-refractivity contribution in [3.05, 3.63) is 18.6 Å². The largest absolute Gasteiger partial charge is 0.346 e. The number of H-pyrrole nitrogens is 1. The maximum Gasteiger partial charge on any atom is 0.142 e. The molecule has 3 heterocycles. The number of fused-ring (bicyclic) bond motifs is 1. The summed E-state index contributed by atoms with van der Waals surface area (Å²) in [6, 6.07) is 2.04. The van der Waals surface area contributed by atoms with Crippen LogP contribution >= 0.6 is 11.8 Å². The predicted molar refractivity (Wildman–Crippen MR) is 58.6 cm³/mol. The molecule has 1 saturated heterocycles. The molecule has 1 N–H and O–H groups in total. The summed E-state index contributed by atoms with van der Waals surface area (Å²) in [6.45, 7) is 1.09. The minimum Gasteiger partial charge on any atom is -0.346 e. The Morgan fingerprint density at radius 3 is 3.29 bits per heavy atom. The Labute approximate surface area is 85.7 Å². The number of nitrogens with zero attached hydrogens (tertiary/aromatic N) is 3. The van der Waals surface area contributed by atoms with E-state index in [2.05, 4.69) is 19.9 Å². The highest BCUT2D eigenvalue weighted by Crippen LogP contribution is 2.26. The monoisotopic (exact) mass is 206 g/mol. The van der Waals surface area contributed by atoms with Gasteiger partial charge in [-0.05, 0) is 6.07 Å². The molecule has 1 fully saturated rings. The van der Waals surface area contributed by atoms with E-state index in [1.54, 1.807) is 6.33 Å². The zero-order valence-corrected chi connectivity index (χ0v) is 8.42. The van der Waals surface area contributed by atoms with Gasteiger partial charge in [0.1, 0.15) is 17.8 Å². The second-order valence-corrected chi connectivity index (χ2v) is 4.31. The Hall–Kier alpha value is -1.23. The number of nitrogens with one attached hydrogen (secondary N) is 1. The third-order valence-electron chi connectivity index (χ3n) is 2.39. The molecule has 0 atom stereocenters. The van der Waals surface area contributed by atoms with E-state index in [0.29, 0.717) is 0 Å². The molecule has 0 aliphatic carbocycles. The Bertz CT molecular complexity index is 447. The molecule has 2 aromatic heterocycles. The first-order valence-corrected chi connectivity index (χ1v) is 5.71. The van der Waals surface area contributed by atoms with Crippen molar-refractivity contribution in [2.75, 3.05) is 23.1 Å². The zero-order chi connectivity index (χ0) is 9.38. The van der Waals surface area contributed by atoms with Crippen molar-refractivity contribution in [3.8, 4) is 0 Å². The molecule has 72 valence electrons. The summed E-state index contributed by atoms with van der Waals surface area (Å²) in [7, 11) is 0. The summed E-state index contributed by atoms with van der Waals surface area (Å²) in [6.07, 6.45) is 3.53. The van der Waals surface area contributed by atoms with Crippen molar-refractivity contribution in [1.29, 1.82) is 0 Å².